The Labute approximate surface area is 117 Å². The summed E-state index contributed by atoms with van der Waals surface area (Å²) >= 11 is 5.93. The fraction of sp³-hybridized carbons (Fsp3) is 0.538. The molecule has 1 aliphatic heterocycles. The lowest BCUT2D eigenvalue weighted by molar-refractivity contribution is 0.0782. The molecule has 0 saturated carbocycles. The van der Waals surface area contributed by atoms with Crippen molar-refractivity contribution in [3.8, 4) is 0 Å². The van der Waals surface area contributed by atoms with Crippen LogP contribution in [0.15, 0.2) is 12.1 Å². The quantitative estimate of drug-likeness (QED) is 0.824. The fourth-order valence-electron chi connectivity index (χ4n) is 2.24. The minimum Gasteiger partial charge on any atom is -0.396 e. The molecule has 1 unspecified atom stereocenters. The molecule has 1 atom stereocenters. The monoisotopic (exact) mass is 283 g/mol. The molecule has 6 heteroatoms. The molecule has 0 spiro atoms. The maximum Gasteiger partial charge on any atom is 0.254 e. The van der Waals surface area contributed by atoms with Crippen molar-refractivity contribution < 1.29 is 9.90 Å². The minimum absolute atomic E-state index is 0.0561. The van der Waals surface area contributed by atoms with Crippen molar-refractivity contribution in [2.24, 2.45) is 5.92 Å². The summed E-state index contributed by atoms with van der Waals surface area (Å²) in [7, 11) is 0. The van der Waals surface area contributed by atoms with Crippen molar-refractivity contribution in [2.75, 3.05) is 31.6 Å². The van der Waals surface area contributed by atoms with Gasteiger partial charge in [-0.05, 0) is 25.5 Å². The van der Waals surface area contributed by atoms with Gasteiger partial charge in [-0.25, -0.2) is 4.98 Å². The van der Waals surface area contributed by atoms with E-state index in [9.17, 15) is 4.79 Å². The van der Waals surface area contributed by atoms with Gasteiger partial charge in [-0.3, -0.25) is 4.79 Å². The highest BCUT2D eigenvalue weighted by molar-refractivity contribution is 6.29. The van der Waals surface area contributed by atoms with Crippen molar-refractivity contribution in [1.82, 2.24) is 9.88 Å². The van der Waals surface area contributed by atoms with Crippen LogP contribution in [0.5, 0.6) is 0 Å². The zero-order valence-electron chi connectivity index (χ0n) is 10.9. The molecule has 1 aliphatic rings. The lowest BCUT2D eigenvalue weighted by Gasteiger charge is -2.17. The van der Waals surface area contributed by atoms with Crippen LogP contribution in [0.3, 0.4) is 0 Å². The number of hydrogen-bond acceptors (Lipinski definition) is 4. The van der Waals surface area contributed by atoms with Crippen molar-refractivity contribution in [1.29, 1.82) is 0 Å². The maximum atomic E-state index is 12.3. The lowest BCUT2D eigenvalue weighted by atomic mass is 10.1. The lowest BCUT2D eigenvalue weighted by Crippen LogP contribution is -2.29. The average Bonchev–Trinajstić information content (AvgIpc) is 2.86. The summed E-state index contributed by atoms with van der Waals surface area (Å²) in [5.74, 6) is 0.741. The number of likely N-dealkylation sites (tertiary alicyclic amines) is 1. The van der Waals surface area contributed by atoms with Gasteiger partial charge in [0.2, 0.25) is 0 Å². The Balaban J connectivity index is 2.14. The number of amides is 1. The molecule has 1 saturated heterocycles. The van der Waals surface area contributed by atoms with E-state index in [-0.39, 0.29) is 18.4 Å². The number of rotatable bonds is 4. The first kappa shape index (κ1) is 14.1. The van der Waals surface area contributed by atoms with E-state index in [4.69, 9.17) is 16.7 Å². The third-order valence-corrected chi connectivity index (χ3v) is 3.42. The maximum absolute atomic E-state index is 12.3. The van der Waals surface area contributed by atoms with E-state index < -0.39 is 0 Å². The zero-order chi connectivity index (χ0) is 13.8. The predicted molar refractivity (Wildman–Crippen MR) is 74.5 cm³/mol. The molecule has 1 aromatic rings. The van der Waals surface area contributed by atoms with Gasteiger partial charge in [-0.2, -0.15) is 0 Å². The van der Waals surface area contributed by atoms with Crippen LogP contribution in [0, 0.1) is 5.92 Å². The second-order valence-corrected chi connectivity index (χ2v) is 5.07. The highest BCUT2D eigenvalue weighted by Gasteiger charge is 2.26. The zero-order valence-corrected chi connectivity index (χ0v) is 11.7. The van der Waals surface area contributed by atoms with Gasteiger partial charge < -0.3 is 15.3 Å². The summed E-state index contributed by atoms with van der Waals surface area (Å²) in [6, 6.07) is 3.29. The number of anilines is 1. The standard InChI is InChI=1S/C13H18ClN3O2/c1-2-15-12-6-10(5-11(14)16-12)13(19)17-4-3-9(7-17)8-18/h5-6,9,18H,2-4,7-8H2,1H3,(H,15,16). The van der Waals surface area contributed by atoms with Crippen LogP contribution < -0.4 is 5.32 Å². The van der Waals surface area contributed by atoms with Gasteiger partial charge in [-0.1, -0.05) is 11.6 Å². The van der Waals surface area contributed by atoms with Gasteiger partial charge in [0.1, 0.15) is 11.0 Å². The summed E-state index contributed by atoms with van der Waals surface area (Å²) in [6.07, 6.45) is 0.848. The predicted octanol–water partition coefficient (Wildman–Crippen LogP) is 1.62. The van der Waals surface area contributed by atoms with Gasteiger partial charge in [0.25, 0.3) is 5.91 Å². The molecule has 0 bridgehead atoms. The number of carbonyl (C=O) groups is 1. The molecule has 104 valence electrons. The van der Waals surface area contributed by atoms with Crippen LogP contribution in [-0.4, -0.2) is 47.1 Å². The summed E-state index contributed by atoms with van der Waals surface area (Å²) in [5, 5.41) is 12.5. The number of hydrogen-bond donors (Lipinski definition) is 2. The van der Waals surface area contributed by atoms with Gasteiger partial charge >= 0.3 is 0 Å². The Morgan fingerprint density at radius 3 is 3.05 bits per heavy atom. The number of aliphatic hydroxyl groups is 1. The summed E-state index contributed by atoms with van der Waals surface area (Å²) in [6.45, 7) is 4.09. The van der Waals surface area contributed by atoms with Crippen LogP contribution in [0.4, 0.5) is 5.82 Å². The first-order valence-electron chi connectivity index (χ1n) is 6.45. The highest BCUT2D eigenvalue weighted by Crippen LogP contribution is 2.21. The topological polar surface area (TPSA) is 65.5 Å². The van der Waals surface area contributed by atoms with Crippen molar-refractivity contribution >= 4 is 23.3 Å². The molecule has 1 fully saturated rings. The molecule has 0 radical (unpaired) electrons. The largest absolute Gasteiger partial charge is 0.396 e. The highest BCUT2D eigenvalue weighted by atomic mass is 35.5. The van der Waals surface area contributed by atoms with Crippen molar-refractivity contribution in [3.05, 3.63) is 22.8 Å². The molecular weight excluding hydrogens is 266 g/mol. The van der Waals surface area contributed by atoms with Crippen molar-refractivity contribution in [3.63, 3.8) is 0 Å². The molecule has 19 heavy (non-hydrogen) atoms. The number of nitrogens with zero attached hydrogens (tertiary/aromatic N) is 2. The van der Waals surface area contributed by atoms with Crippen LogP contribution in [-0.2, 0) is 0 Å². The molecule has 0 aliphatic carbocycles. The Bertz CT molecular complexity index is 467. The van der Waals surface area contributed by atoms with Crippen molar-refractivity contribution in [2.45, 2.75) is 13.3 Å². The summed E-state index contributed by atoms with van der Waals surface area (Å²) in [5.41, 5.74) is 0.537. The van der Waals surface area contributed by atoms with E-state index >= 15 is 0 Å². The Kier molecular flexibility index (Phi) is 4.61. The third kappa shape index (κ3) is 3.36. The van der Waals surface area contributed by atoms with E-state index in [1.165, 1.54) is 0 Å². The minimum atomic E-state index is -0.0561. The molecule has 1 amide bonds. The van der Waals surface area contributed by atoms with E-state index in [0.717, 1.165) is 13.0 Å². The SMILES string of the molecule is CCNc1cc(C(=O)N2CCC(CO)C2)cc(Cl)n1. The molecular formula is C13H18ClN3O2. The Morgan fingerprint density at radius 1 is 1.63 bits per heavy atom. The first-order valence-corrected chi connectivity index (χ1v) is 6.83. The third-order valence-electron chi connectivity index (χ3n) is 3.23. The number of aromatic nitrogens is 1. The smallest absolute Gasteiger partial charge is 0.254 e. The normalized spacial score (nSPS) is 18.7. The second kappa shape index (κ2) is 6.21. The number of carbonyl (C=O) groups excluding carboxylic acids is 1. The number of aliphatic hydroxyl groups excluding tert-OH is 1. The van der Waals surface area contributed by atoms with Gasteiger partial charge in [0, 0.05) is 37.7 Å². The summed E-state index contributed by atoms with van der Waals surface area (Å²) in [4.78, 5) is 18.2. The van der Waals surface area contributed by atoms with Crippen LogP contribution in [0.25, 0.3) is 0 Å². The van der Waals surface area contributed by atoms with E-state index in [0.29, 0.717) is 29.6 Å². The number of nitrogens with one attached hydrogen (secondary N) is 1. The molecule has 1 aromatic heterocycles. The van der Waals surface area contributed by atoms with E-state index in [2.05, 4.69) is 10.3 Å². The second-order valence-electron chi connectivity index (χ2n) is 4.68. The number of halogens is 1. The van der Waals surface area contributed by atoms with Gasteiger partial charge in [0.05, 0.1) is 0 Å². The van der Waals surface area contributed by atoms with Crippen LogP contribution in [0.2, 0.25) is 5.15 Å². The Morgan fingerprint density at radius 2 is 2.42 bits per heavy atom. The van der Waals surface area contributed by atoms with Crippen LogP contribution in [0.1, 0.15) is 23.7 Å². The van der Waals surface area contributed by atoms with E-state index in [1.54, 1.807) is 17.0 Å². The van der Waals surface area contributed by atoms with E-state index in [1.807, 2.05) is 6.92 Å². The summed E-state index contributed by atoms with van der Waals surface area (Å²) < 4.78 is 0. The van der Waals surface area contributed by atoms with Gasteiger partial charge in [-0.15, -0.1) is 0 Å². The Hall–Kier alpha value is -1.33. The number of pyridine rings is 1. The van der Waals surface area contributed by atoms with Crippen LogP contribution >= 0.6 is 11.6 Å². The molecule has 2 N–H and O–H groups in total. The molecule has 0 aromatic carbocycles. The molecule has 5 nitrogen and oxygen atoms in total. The first-order chi connectivity index (χ1) is 9.13. The fourth-order valence-corrected chi connectivity index (χ4v) is 2.45. The molecule has 2 heterocycles. The van der Waals surface area contributed by atoms with Gasteiger partial charge in [0.15, 0.2) is 0 Å². The average molecular weight is 284 g/mol. The molecule has 2 rings (SSSR count).